The van der Waals surface area contributed by atoms with E-state index in [9.17, 15) is 9.59 Å². The van der Waals surface area contributed by atoms with Gasteiger partial charge in [-0.3, -0.25) is 9.59 Å². The molecule has 2 aliphatic rings. The van der Waals surface area contributed by atoms with E-state index in [0.29, 0.717) is 56.4 Å². The number of piperazine rings is 1. The molecule has 1 aliphatic heterocycles. The first kappa shape index (κ1) is 21.5. The van der Waals surface area contributed by atoms with Gasteiger partial charge < -0.3 is 20.3 Å². The number of amides is 2. The van der Waals surface area contributed by atoms with Crippen molar-refractivity contribution < 1.29 is 14.3 Å². The Bertz CT molecular complexity index is 647. The maximum atomic E-state index is 12.8. The molecule has 150 valence electrons. The fourth-order valence-electron chi connectivity index (χ4n) is 3.93. The number of hydrogen-bond donors (Lipinski definition) is 1. The molecule has 3 rings (SSSR count). The molecule has 0 spiro atoms. The van der Waals surface area contributed by atoms with Gasteiger partial charge in [0, 0.05) is 38.6 Å². The van der Waals surface area contributed by atoms with E-state index in [4.69, 9.17) is 10.5 Å². The van der Waals surface area contributed by atoms with Crippen molar-refractivity contribution in [3.63, 3.8) is 0 Å². The Labute approximate surface area is 167 Å². The highest BCUT2D eigenvalue weighted by Crippen LogP contribution is 2.27. The van der Waals surface area contributed by atoms with Gasteiger partial charge in [-0.15, -0.1) is 12.4 Å². The molecular formula is C20H30ClN3O3. The second-order valence-electron chi connectivity index (χ2n) is 7.16. The first-order chi connectivity index (χ1) is 12.6. The summed E-state index contributed by atoms with van der Waals surface area (Å²) < 4.78 is 5.57. The standard InChI is InChI=1S/C20H29N3O3.ClH/c1-2-26-18-9-4-3-7-16(18)20(25)23-12-10-22(11-13-23)19(24)14-15-6-5-8-17(15)21;/h3-4,7,9,15,17H,2,5-6,8,10-14,21H2,1H3;1H/t15-,17+;/m0./s1. The Hall–Kier alpha value is -1.79. The van der Waals surface area contributed by atoms with Crippen LogP contribution in [0.15, 0.2) is 24.3 Å². The zero-order valence-electron chi connectivity index (χ0n) is 15.9. The van der Waals surface area contributed by atoms with E-state index in [1.807, 2.05) is 34.9 Å². The van der Waals surface area contributed by atoms with Gasteiger partial charge >= 0.3 is 0 Å². The normalized spacial score (nSPS) is 22.3. The highest BCUT2D eigenvalue weighted by atomic mass is 35.5. The lowest BCUT2D eigenvalue weighted by Gasteiger charge is -2.35. The van der Waals surface area contributed by atoms with Crippen LogP contribution < -0.4 is 10.5 Å². The van der Waals surface area contributed by atoms with E-state index in [-0.39, 0.29) is 30.3 Å². The molecule has 2 N–H and O–H groups in total. The third-order valence-electron chi connectivity index (χ3n) is 5.49. The Kier molecular flexibility index (Phi) is 7.92. The zero-order chi connectivity index (χ0) is 18.5. The number of carbonyl (C=O) groups excluding carboxylic acids is 2. The van der Waals surface area contributed by atoms with Crippen molar-refractivity contribution in [2.75, 3.05) is 32.8 Å². The smallest absolute Gasteiger partial charge is 0.257 e. The molecule has 7 heteroatoms. The van der Waals surface area contributed by atoms with Crippen molar-refractivity contribution in [3.05, 3.63) is 29.8 Å². The summed E-state index contributed by atoms with van der Waals surface area (Å²) in [7, 11) is 0. The number of halogens is 1. The minimum atomic E-state index is -0.0287. The van der Waals surface area contributed by atoms with Crippen LogP contribution in [0.4, 0.5) is 0 Å². The SMILES string of the molecule is CCOc1ccccc1C(=O)N1CCN(C(=O)C[C@@H]2CCC[C@H]2N)CC1.Cl. The summed E-state index contributed by atoms with van der Waals surface area (Å²) in [4.78, 5) is 29.0. The highest BCUT2D eigenvalue weighted by molar-refractivity contribution is 5.97. The van der Waals surface area contributed by atoms with Crippen LogP contribution in [0, 0.1) is 5.92 Å². The van der Waals surface area contributed by atoms with Crippen LogP contribution in [0.5, 0.6) is 5.75 Å². The van der Waals surface area contributed by atoms with E-state index in [1.165, 1.54) is 0 Å². The molecule has 0 aromatic heterocycles. The monoisotopic (exact) mass is 395 g/mol. The molecule has 2 fully saturated rings. The van der Waals surface area contributed by atoms with Gasteiger partial charge in [0.15, 0.2) is 0 Å². The van der Waals surface area contributed by atoms with Gasteiger partial charge in [-0.05, 0) is 37.8 Å². The third kappa shape index (κ3) is 5.14. The van der Waals surface area contributed by atoms with E-state index < -0.39 is 0 Å². The minimum absolute atomic E-state index is 0. The average Bonchev–Trinajstić information content (AvgIpc) is 3.06. The van der Waals surface area contributed by atoms with Crippen molar-refractivity contribution in [1.29, 1.82) is 0 Å². The number of nitrogens with zero attached hydrogens (tertiary/aromatic N) is 2. The topological polar surface area (TPSA) is 75.9 Å². The molecule has 1 heterocycles. The Morgan fingerprint density at radius 2 is 1.78 bits per heavy atom. The predicted octanol–water partition coefficient (Wildman–Crippen LogP) is 2.31. The molecule has 1 aliphatic carbocycles. The van der Waals surface area contributed by atoms with E-state index >= 15 is 0 Å². The molecule has 2 atom stereocenters. The number of carbonyl (C=O) groups is 2. The number of para-hydroxylation sites is 1. The second-order valence-corrected chi connectivity index (χ2v) is 7.16. The molecule has 1 saturated heterocycles. The summed E-state index contributed by atoms with van der Waals surface area (Å²) in [6.45, 7) is 4.72. The third-order valence-corrected chi connectivity index (χ3v) is 5.49. The number of ether oxygens (including phenoxy) is 1. The van der Waals surface area contributed by atoms with Crippen LogP contribution in [0.2, 0.25) is 0 Å². The Morgan fingerprint density at radius 1 is 1.11 bits per heavy atom. The predicted molar refractivity (Wildman–Crippen MR) is 107 cm³/mol. The molecule has 1 aromatic rings. The number of hydrogen-bond acceptors (Lipinski definition) is 4. The maximum absolute atomic E-state index is 12.8. The maximum Gasteiger partial charge on any atom is 0.257 e. The summed E-state index contributed by atoms with van der Waals surface area (Å²) in [5, 5.41) is 0. The molecule has 1 saturated carbocycles. The zero-order valence-corrected chi connectivity index (χ0v) is 16.7. The minimum Gasteiger partial charge on any atom is -0.493 e. The number of nitrogens with two attached hydrogens (primary N) is 1. The van der Waals surface area contributed by atoms with Crippen molar-refractivity contribution in [2.24, 2.45) is 11.7 Å². The lowest BCUT2D eigenvalue weighted by atomic mass is 9.99. The summed E-state index contributed by atoms with van der Waals surface area (Å²) in [5.41, 5.74) is 6.68. The fraction of sp³-hybridized carbons (Fsp3) is 0.600. The largest absolute Gasteiger partial charge is 0.493 e. The van der Waals surface area contributed by atoms with Crippen LogP contribution in [-0.2, 0) is 4.79 Å². The molecular weight excluding hydrogens is 366 g/mol. The summed E-state index contributed by atoms with van der Waals surface area (Å²) in [5.74, 6) is 1.09. The van der Waals surface area contributed by atoms with Gasteiger partial charge in [-0.2, -0.15) is 0 Å². The number of benzene rings is 1. The lowest BCUT2D eigenvalue weighted by molar-refractivity contribution is -0.133. The van der Waals surface area contributed by atoms with Crippen molar-refractivity contribution in [2.45, 2.75) is 38.6 Å². The fourth-order valence-corrected chi connectivity index (χ4v) is 3.93. The van der Waals surface area contributed by atoms with Crippen molar-refractivity contribution in [3.8, 4) is 5.75 Å². The van der Waals surface area contributed by atoms with Gasteiger partial charge in [0.25, 0.3) is 5.91 Å². The summed E-state index contributed by atoms with van der Waals surface area (Å²) >= 11 is 0. The van der Waals surface area contributed by atoms with Gasteiger partial charge in [-0.25, -0.2) is 0 Å². The van der Waals surface area contributed by atoms with Crippen LogP contribution in [-0.4, -0.2) is 60.4 Å². The second kappa shape index (κ2) is 9.95. The molecule has 6 nitrogen and oxygen atoms in total. The highest BCUT2D eigenvalue weighted by Gasteiger charge is 2.30. The molecule has 1 aromatic carbocycles. The van der Waals surface area contributed by atoms with Gasteiger partial charge in [0.05, 0.1) is 12.2 Å². The van der Waals surface area contributed by atoms with E-state index in [1.54, 1.807) is 6.07 Å². The first-order valence-electron chi connectivity index (χ1n) is 9.64. The van der Waals surface area contributed by atoms with Crippen molar-refractivity contribution in [1.82, 2.24) is 9.80 Å². The lowest BCUT2D eigenvalue weighted by Crippen LogP contribution is -2.51. The van der Waals surface area contributed by atoms with Crippen molar-refractivity contribution >= 4 is 24.2 Å². The van der Waals surface area contributed by atoms with E-state index in [2.05, 4.69) is 0 Å². The molecule has 0 bridgehead atoms. The van der Waals surface area contributed by atoms with E-state index in [0.717, 1.165) is 19.3 Å². The van der Waals surface area contributed by atoms with Gasteiger partial charge in [0.2, 0.25) is 5.91 Å². The quantitative estimate of drug-likeness (QED) is 0.830. The average molecular weight is 396 g/mol. The molecule has 0 radical (unpaired) electrons. The summed E-state index contributed by atoms with van der Waals surface area (Å²) in [6, 6.07) is 7.50. The van der Waals surface area contributed by atoms with Crippen LogP contribution in [0.3, 0.4) is 0 Å². The van der Waals surface area contributed by atoms with Crippen LogP contribution >= 0.6 is 12.4 Å². The van der Waals surface area contributed by atoms with Gasteiger partial charge in [0.1, 0.15) is 5.75 Å². The first-order valence-corrected chi connectivity index (χ1v) is 9.64. The molecule has 27 heavy (non-hydrogen) atoms. The molecule has 2 amide bonds. The Morgan fingerprint density at radius 3 is 2.41 bits per heavy atom. The Balaban J connectivity index is 0.00000261. The summed E-state index contributed by atoms with van der Waals surface area (Å²) in [6.07, 6.45) is 3.75. The van der Waals surface area contributed by atoms with Crippen LogP contribution in [0.25, 0.3) is 0 Å². The van der Waals surface area contributed by atoms with Gasteiger partial charge in [-0.1, -0.05) is 18.6 Å². The van der Waals surface area contributed by atoms with Crippen LogP contribution in [0.1, 0.15) is 43.0 Å². The number of rotatable bonds is 5. The molecule has 0 unspecified atom stereocenters.